The van der Waals surface area contributed by atoms with Crippen LogP contribution in [0, 0.1) is 0 Å². The van der Waals surface area contributed by atoms with Crippen molar-refractivity contribution in [2.24, 2.45) is 7.05 Å². The summed E-state index contributed by atoms with van der Waals surface area (Å²) in [6.07, 6.45) is 13.1. The number of imide groups is 1. The number of rotatable bonds is 17. The minimum Gasteiger partial charge on any atom is -0.393 e. The lowest BCUT2D eigenvalue weighted by Crippen LogP contribution is -2.46. The summed E-state index contributed by atoms with van der Waals surface area (Å²) in [6, 6.07) is 14.6. The molecule has 320 valence electrons. The van der Waals surface area contributed by atoms with E-state index in [0.717, 1.165) is 138 Å². The highest BCUT2D eigenvalue weighted by molar-refractivity contribution is 6.00. The molecule has 0 spiro atoms. The molecule has 2 aliphatic heterocycles. The number of anilines is 1. The van der Waals surface area contributed by atoms with E-state index < -0.39 is 11.9 Å². The summed E-state index contributed by atoms with van der Waals surface area (Å²) in [4.78, 5) is 52.0. The van der Waals surface area contributed by atoms with E-state index in [1.807, 2.05) is 24.4 Å². The first kappa shape index (κ1) is 41.8. The topological polar surface area (TPSA) is 152 Å². The molecule has 3 aromatic heterocycles. The van der Waals surface area contributed by atoms with Crippen LogP contribution in [-0.4, -0.2) is 109 Å². The van der Waals surface area contributed by atoms with Crippen LogP contribution < -0.4 is 16.3 Å². The fraction of sp³-hybridized carbons (Fsp3) is 0.543. The highest BCUT2D eigenvalue weighted by Gasteiger charge is 2.31. The standard InChI is InChI=1S/C46H61N9O5/c1-3-4-20-47-45-48-29-37-38(31-54(43(37)50-45)35-13-15-36(56)16-14-35)34-11-8-33(9-12-34)30-53-24-22-52(23-25-53)21-6-27-60-26-5-7-32-10-17-39-41(28-32)51(2)46(59)55(39)40-18-19-42(57)49-44(40)58/h8-12,17,28-29,31,35-36,40,56H,3-7,13-16,18-27,30H2,1-2H3,(H,47,48,50)(H,49,57,58)/t35?,36?,40-/m0/s1. The number of hydrogen-bond acceptors (Lipinski definition) is 10. The van der Waals surface area contributed by atoms with Crippen molar-refractivity contribution in [2.45, 2.75) is 102 Å². The Morgan fingerprint density at radius 2 is 1.63 bits per heavy atom. The summed E-state index contributed by atoms with van der Waals surface area (Å²) >= 11 is 0. The molecule has 14 nitrogen and oxygen atoms in total. The Morgan fingerprint density at radius 1 is 0.883 bits per heavy atom. The van der Waals surface area contributed by atoms with Crippen LogP contribution >= 0.6 is 0 Å². The van der Waals surface area contributed by atoms with Crippen molar-refractivity contribution in [2.75, 3.05) is 57.8 Å². The fourth-order valence-corrected chi connectivity index (χ4v) is 9.22. The van der Waals surface area contributed by atoms with Gasteiger partial charge in [0, 0.05) is 102 Å². The number of hydrogen-bond donors (Lipinski definition) is 3. The molecule has 3 N–H and O–H groups in total. The van der Waals surface area contributed by atoms with Crippen molar-refractivity contribution in [3.05, 3.63) is 76.5 Å². The van der Waals surface area contributed by atoms with Crippen LogP contribution in [-0.2, 0) is 34.3 Å². The number of carbonyl (C=O) groups is 2. The average molecular weight is 820 g/mol. The quantitative estimate of drug-likeness (QED) is 0.0802. The number of nitrogens with one attached hydrogen (secondary N) is 2. The monoisotopic (exact) mass is 819 g/mol. The molecule has 0 bridgehead atoms. The number of amides is 2. The number of aryl methyl sites for hydroxylation is 2. The van der Waals surface area contributed by atoms with Gasteiger partial charge in [-0.15, -0.1) is 0 Å². The molecule has 3 fully saturated rings. The molecule has 1 atom stereocenters. The number of aliphatic hydroxyl groups is 1. The molecular formula is C46H61N9O5. The number of benzene rings is 2. The Hall–Kier alpha value is -4.89. The number of aliphatic hydroxyl groups excluding tert-OH is 1. The van der Waals surface area contributed by atoms with Gasteiger partial charge in [-0.2, -0.15) is 4.98 Å². The molecule has 0 radical (unpaired) electrons. The third kappa shape index (κ3) is 9.52. The first-order chi connectivity index (χ1) is 29.2. The van der Waals surface area contributed by atoms with E-state index in [9.17, 15) is 19.5 Å². The third-order valence-corrected chi connectivity index (χ3v) is 12.8. The summed E-state index contributed by atoms with van der Waals surface area (Å²) in [5, 5.41) is 17.0. The van der Waals surface area contributed by atoms with Gasteiger partial charge in [-0.25, -0.2) is 9.78 Å². The second-order valence-electron chi connectivity index (χ2n) is 17.0. The third-order valence-electron chi connectivity index (χ3n) is 12.8. The number of carbonyl (C=O) groups excluding carboxylic acids is 2. The number of ether oxygens (including phenoxy) is 1. The molecule has 0 unspecified atom stereocenters. The summed E-state index contributed by atoms with van der Waals surface area (Å²) < 4.78 is 11.5. The lowest BCUT2D eigenvalue weighted by atomic mass is 9.93. The Kier molecular flexibility index (Phi) is 13.4. The van der Waals surface area contributed by atoms with Gasteiger partial charge < -0.3 is 24.6 Å². The van der Waals surface area contributed by atoms with Gasteiger partial charge in [0.25, 0.3) is 0 Å². The number of imidazole rings is 1. The molecule has 2 amide bonds. The maximum Gasteiger partial charge on any atom is 0.329 e. The van der Waals surface area contributed by atoms with Crippen LogP contribution in [0.25, 0.3) is 33.2 Å². The van der Waals surface area contributed by atoms with E-state index in [0.29, 0.717) is 30.5 Å². The van der Waals surface area contributed by atoms with Gasteiger partial charge in [-0.3, -0.25) is 28.9 Å². The van der Waals surface area contributed by atoms with Gasteiger partial charge in [0.15, 0.2) is 0 Å². The van der Waals surface area contributed by atoms with Crippen molar-refractivity contribution in [1.82, 2.24) is 38.8 Å². The summed E-state index contributed by atoms with van der Waals surface area (Å²) in [6.45, 7) is 10.6. The van der Waals surface area contributed by atoms with Crippen LogP contribution in [0.15, 0.2) is 59.7 Å². The SMILES string of the molecule is CCCCNc1ncc2c(-c3ccc(CN4CCN(CCCOCCCc5ccc6c(c5)n(C)c(=O)n6[C@H]5CCC(=O)NC5=O)CC4)cc3)cn(C3CCC(O)CC3)c2n1. The number of aromatic nitrogens is 5. The van der Waals surface area contributed by atoms with Crippen molar-refractivity contribution >= 4 is 39.8 Å². The number of unbranched alkanes of at least 4 members (excludes halogenated alkanes) is 1. The highest BCUT2D eigenvalue weighted by Crippen LogP contribution is 2.37. The number of fused-ring (bicyclic) bond motifs is 2. The van der Waals surface area contributed by atoms with Crippen LogP contribution in [0.3, 0.4) is 0 Å². The van der Waals surface area contributed by atoms with Crippen molar-refractivity contribution in [1.29, 1.82) is 0 Å². The lowest BCUT2D eigenvalue weighted by Gasteiger charge is -2.34. The molecule has 60 heavy (non-hydrogen) atoms. The summed E-state index contributed by atoms with van der Waals surface area (Å²) in [5.41, 5.74) is 6.99. The molecular weight excluding hydrogens is 759 g/mol. The zero-order valence-electron chi connectivity index (χ0n) is 35.3. The Balaban J connectivity index is 0.766. The zero-order valence-corrected chi connectivity index (χ0v) is 35.3. The Labute approximate surface area is 351 Å². The van der Waals surface area contributed by atoms with Crippen molar-refractivity contribution < 1.29 is 19.4 Å². The van der Waals surface area contributed by atoms with Crippen molar-refractivity contribution in [3.8, 4) is 11.1 Å². The van der Waals surface area contributed by atoms with Crippen molar-refractivity contribution in [3.63, 3.8) is 0 Å². The van der Waals surface area contributed by atoms with E-state index >= 15 is 0 Å². The summed E-state index contributed by atoms with van der Waals surface area (Å²) in [5.74, 6) is -0.0306. The number of piperidine rings is 1. The predicted octanol–water partition coefficient (Wildman–Crippen LogP) is 5.57. The Morgan fingerprint density at radius 3 is 2.40 bits per heavy atom. The van der Waals surface area contributed by atoms with Gasteiger partial charge in [-0.05, 0) is 86.6 Å². The number of piperazine rings is 1. The molecule has 1 aliphatic carbocycles. The highest BCUT2D eigenvalue weighted by atomic mass is 16.5. The molecule has 1 saturated carbocycles. The van der Waals surface area contributed by atoms with Crippen LogP contribution in [0.4, 0.5) is 5.95 Å². The smallest absolute Gasteiger partial charge is 0.329 e. The van der Waals surface area contributed by atoms with Gasteiger partial charge in [0.1, 0.15) is 11.7 Å². The first-order valence-electron chi connectivity index (χ1n) is 22.2. The van der Waals surface area contributed by atoms with E-state index in [2.05, 4.69) is 62.4 Å². The van der Waals surface area contributed by atoms with Crippen LogP contribution in [0.1, 0.15) is 94.3 Å². The number of nitrogens with zero attached hydrogens (tertiary/aromatic N) is 7. The maximum atomic E-state index is 13.1. The largest absolute Gasteiger partial charge is 0.393 e. The first-order valence-corrected chi connectivity index (χ1v) is 22.2. The fourth-order valence-electron chi connectivity index (χ4n) is 9.22. The normalized spacial score (nSPS) is 20.6. The predicted molar refractivity (Wildman–Crippen MR) is 234 cm³/mol. The summed E-state index contributed by atoms with van der Waals surface area (Å²) in [7, 11) is 1.73. The zero-order chi connectivity index (χ0) is 41.6. The second-order valence-corrected chi connectivity index (χ2v) is 17.0. The van der Waals surface area contributed by atoms with Gasteiger partial charge >= 0.3 is 5.69 Å². The van der Waals surface area contributed by atoms with Gasteiger partial charge in [-0.1, -0.05) is 43.7 Å². The molecule has 5 heterocycles. The molecule has 2 aromatic carbocycles. The second kappa shape index (κ2) is 19.2. The van der Waals surface area contributed by atoms with Crippen LogP contribution in [0.5, 0.6) is 0 Å². The average Bonchev–Trinajstić information content (AvgIpc) is 3.75. The van der Waals surface area contributed by atoms with Gasteiger partial charge in [0.2, 0.25) is 17.8 Å². The van der Waals surface area contributed by atoms with E-state index in [1.54, 1.807) is 11.6 Å². The molecule has 8 rings (SSSR count). The molecule has 2 saturated heterocycles. The molecule has 3 aliphatic rings. The minimum absolute atomic E-state index is 0.199. The molecule has 5 aromatic rings. The lowest BCUT2D eigenvalue weighted by molar-refractivity contribution is -0.135. The van der Waals surface area contributed by atoms with Gasteiger partial charge in [0.05, 0.1) is 17.1 Å². The van der Waals surface area contributed by atoms with E-state index in [1.165, 1.54) is 15.7 Å². The molecule has 14 heteroatoms. The minimum atomic E-state index is -0.675. The van der Waals surface area contributed by atoms with Crippen LogP contribution in [0.2, 0.25) is 0 Å². The Bertz CT molecular complexity index is 2320. The maximum absolute atomic E-state index is 13.1. The van der Waals surface area contributed by atoms with E-state index in [-0.39, 0.29) is 24.1 Å². The van der Waals surface area contributed by atoms with E-state index in [4.69, 9.17) is 14.7 Å².